The highest BCUT2D eigenvalue weighted by Gasteiger charge is 2.29. The standard InChI is InChI=1S/C21H27N3O2/c1-15-6-7-17-13-18(20(25)22-19(17)12-15)14-23-8-10-24(11-9-23)21(26)16-4-2-3-5-16/h6-7,12-13,16H,2-5,8-11,14H2,1H3,(H,22,25). The predicted molar refractivity (Wildman–Crippen MR) is 103 cm³/mol. The number of nitrogens with one attached hydrogen (secondary N) is 1. The molecule has 1 aromatic carbocycles. The van der Waals surface area contributed by atoms with Gasteiger partial charge >= 0.3 is 0 Å². The molecule has 1 amide bonds. The molecule has 1 aliphatic heterocycles. The van der Waals surface area contributed by atoms with Crippen LogP contribution in [0.25, 0.3) is 10.9 Å². The Bertz CT molecular complexity index is 859. The number of aromatic amines is 1. The molecule has 1 saturated carbocycles. The molecule has 2 aromatic rings. The lowest BCUT2D eigenvalue weighted by molar-refractivity contribution is -0.137. The summed E-state index contributed by atoms with van der Waals surface area (Å²) in [5.41, 5.74) is 2.83. The van der Waals surface area contributed by atoms with Crippen LogP contribution < -0.4 is 5.56 Å². The van der Waals surface area contributed by atoms with E-state index in [0.29, 0.717) is 12.5 Å². The fourth-order valence-corrected chi connectivity index (χ4v) is 4.28. The van der Waals surface area contributed by atoms with Crippen molar-refractivity contribution in [3.63, 3.8) is 0 Å². The first-order valence-electron chi connectivity index (χ1n) is 9.74. The number of piperazine rings is 1. The van der Waals surface area contributed by atoms with Crippen LogP contribution in [0.3, 0.4) is 0 Å². The van der Waals surface area contributed by atoms with Gasteiger partial charge < -0.3 is 9.88 Å². The van der Waals surface area contributed by atoms with E-state index in [1.807, 2.05) is 24.0 Å². The lowest BCUT2D eigenvalue weighted by Gasteiger charge is -2.35. The van der Waals surface area contributed by atoms with Crippen molar-refractivity contribution in [2.75, 3.05) is 26.2 Å². The SMILES string of the molecule is Cc1ccc2cc(CN3CCN(C(=O)C4CCCC4)CC3)c(=O)[nH]c2c1. The molecule has 0 radical (unpaired) electrons. The Balaban J connectivity index is 1.40. The van der Waals surface area contributed by atoms with Gasteiger partial charge in [-0.25, -0.2) is 0 Å². The Morgan fingerprint density at radius 3 is 2.58 bits per heavy atom. The van der Waals surface area contributed by atoms with Crippen molar-refractivity contribution < 1.29 is 4.79 Å². The second-order valence-corrected chi connectivity index (χ2v) is 7.80. The summed E-state index contributed by atoms with van der Waals surface area (Å²) in [7, 11) is 0. The van der Waals surface area contributed by atoms with Gasteiger partial charge in [0, 0.05) is 49.7 Å². The third-order valence-corrected chi connectivity index (χ3v) is 5.86. The van der Waals surface area contributed by atoms with Crippen molar-refractivity contribution >= 4 is 16.8 Å². The number of rotatable bonds is 3. The van der Waals surface area contributed by atoms with Crippen LogP contribution in [0.15, 0.2) is 29.1 Å². The van der Waals surface area contributed by atoms with Crippen LogP contribution in [0, 0.1) is 12.8 Å². The number of nitrogens with zero attached hydrogens (tertiary/aromatic N) is 2. The number of benzene rings is 1. The number of H-pyrrole nitrogens is 1. The van der Waals surface area contributed by atoms with Crippen molar-refractivity contribution in [3.8, 4) is 0 Å². The van der Waals surface area contributed by atoms with Gasteiger partial charge in [-0.05, 0) is 42.8 Å². The quantitative estimate of drug-likeness (QED) is 0.923. The first-order valence-corrected chi connectivity index (χ1v) is 9.74. The fourth-order valence-electron chi connectivity index (χ4n) is 4.28. The van der Waals surface area contributed by atoms with E-state index in [-0.39, 0.29) is 11.5 Å². The van der Waals surface area contributed by atoms with Crippen LogP contribution in [0.2, 0.25) is 0 Å². The molecule has 0 bridgehead atoms. The second kappa shape index (κ2) is 7.23. The van der Waals surface area contributed by atoms with Crippen molar-refractivity contribution in [1.82, 2.24) is 14.8 Å². The minimum Gasteiger partial charge on any atom is -0.340 e. The number of hydrogen-bond donors (Lipinski definition) is 1. The first kappa shape index (κ1) is 17.3. The van der Waals surface area contributed by atoms with E-state index in [1.54, 1.807) is 0 Å². The van der Waals surface area contributed by atoms with Crippen LogP contribution in [0.5, 0.6) is 0 Å². The molecular formula is C21H27N3O2. The summed E-state index contributed by atoms with van der Waals surface area (Å²) in [5, 5.41) is 1.07. The summed E-state index contributed by atoms with van der Waals surface area (Å²) in [6.45, 7) is 5.90. The summed E-state index contributed by atoms with van der Waals surface area (Å²) >= 11 is 0. The van der Waals surface area contributed by atoms with E-state index < -0.39 is 0 Å². The highest BCUT2D eigenvalue weighted by molar-refractivity contribution is 5.80. The molecule has 26 heavy (non-hydrogen) atoms. The molecule has 138 valence electrons. The van der Waals surface area contributed by atoms with Gasteiger partial charge in [-0.15, -0.1) is 0 Å². The number of carbonyl (C=O) groups is 1. The fraction of sp³-hybridized carbons (Fsp3) is 0.524. The normalized spacial score (nSPS) is 19.3. The monoisotopic (exact) mass is 353 g/mol. The third-order valence-electron chi connectivity index (χ3n) is 5.86. The average Bonchev–Trinajstić information content (AvgIpc) is 3.17. The molecule has 4 rings (SSSR count). The Morgan fingerprint density at radius 2 is 1.85 bits per heavy atom. The number of pyridine rings is 1. The molecule has 2 aliphatic rings. The molecule has 5 heteroatoms. The van der Waals surface area contributed by atoms with Gasteiger partial charge in [0.15, 0.2) is 0 Å². The van der Waals surface area contributed by atoms with Gasteiger partial charge in [-0.2, -0.15) is 0 Å². The van der Waals surface area contributed by atoms with E-state index >= 15 is 0 Å². The largest absolute Gasteiger partial charge is 0.340 e. The van der Waals surface area contributed by atoms with Crippen LogP contribution in [0.4, 0.5) is 0 Å². The van der Waals surface area contributed by atoms with E-state index in [4.69, 9.17) is 0 Å². The maximum atomic E-state index is 12.5. The minimum atomic E-state index is -0.00689. The third kappa shape index (κ3) is 3.54. The van der Waals surface area contributed by atoms with E-state index in [2.05, 4.69) is 22.0 Å². The van der Waals surface area contributed by atoms with E-state index in [9.17, 15) is 9.59 Å². The van der Waals surface area contributed by atoms with Gasteiger partial charge in [0.05, 0.1) is 0 Å². The highest BCUT2D eigenvalue weighted by atomic mass is 16.2. The van der Waals surface area contributed by atoms with E-state index in [1.165, 1.54) is 12.8 Å². The predicted octanol–water partition coefficient (Wildman–Crippen LogP) is 2.67. The molecule has 1 aliphatic carbocycles. The zero-order chi connectivity index (χ0) is 18.1. The first-order chi connectivity index (χ1) is 12.6. The summed E-state index contributed by atoms with van der Waals surface area (Å²) < 4.78 is 0. The van der Waals surface area contributed by atoms with Crippen molar-refractivity contribution in [2.45, 2.75) is 39.2 Å². The minimum absolute atomic E-state index is 0.00689. The smallest absolute Gasteiger partial charge is 0.252 e. The molecule has 2 heterocycles. The molecule has 1 N–H and O–H groups in total. The lowest BCUT2D eigenvalue weighted by atomic mass is 10.1. The van der Waals surface area contributed by atoms with Gasteiger partial charge in [0.25, 0.3) is 5.56 Å². The molecule has 2 fully saturated rings. The molecular weight excluding hydrogens is 326 g/mol. The maximum absolute atomic E-state index is 12.5. The Morgan fingerprint density at radius 1 is 1.12 bits per heavy atom. The number of hydrogen-bond acceptors (Lipinski definition) is 3. The number of fused-ring (bicyclic) bond motifs is 1. The molecule has 1 saturated heterocycles. The highest BCUT2D eigenvalue weighted by Crippen LogP contribution is 2.27. The Labute approximate surface area is 154 Å². The molecule has 0 spiro atoms. The molecule has 1 aromatic heterocycles. The number of carbonyl (C=O) groups excluding carboxylic acids is 1. The van der Waals surface area contributed by atoms with Crippen LogP contribution in [0.1, 0.15) is 36.8 Å². The zero-order valence-corrected chi connectivity index (χ0v) is 15.5. The lowest BCUT2D eigenvalue weighted by Crippen LogP contribution is -2.50. The Kier molecular flexibility index (Phi) is 4.81. The average molecular weight is 353 g/mol. The Hall–Kier alpha value is -2.14. The summed E-state index contributed by atoms with van der Waals surface area (Å²) in [4.78, 5) is 32.3. The van der Waals surface area contributed by atoms with Gasteiger partial charge in [0.2, 0.25) is 5.91 Å². The summed E-state index contributed by atoms with van der Waals surface area (Å²) in [5.74, 6) is 0.606. The summed E-state index contributed by atoms with van der Waals surface area (Å²) in [6.07, 6.45) is 4.51. The van der Waals surface area contributed by atoms with Crippen LogP contribution in [-0.4, -0.2) is 46.9 Å². The maximum Gasteiger partial charge on any atom is 0.252 e. The van der Waals surface area contributed by atoms with Crippen molar-refractivity contribution in [2.24, 2.45) is 5.92 Å². The van der Waals surface area contributed by atoms with Crippen molar-refractivity contribution in [1.29, 1.82) is 0 Å². The molecule has 0 atom stereocenters. The topological polar surface area (TPSA) is 56.4 Å². The van der Waals surface area contributed by atoms with Gasteiger partial charge in [-0.3, -0.25) is 14.5 Å². The number of aromatic nitrogens is 1. The number of aryl methyl sites for hydroxylation is 1. The molecule has 5 nitrogen and oxygen atoms in total. The van der Waals surface area contributed by atoms with Crippen molar-refractivity contribution in [3.05, 3.63) is 45.7 Å². The second-order valence-electron chi connectivity index (χ2n) is 7.80. The van der Waals surface area contributed by atoms with Gasteiger partial charge in [-0.1, -0.05) is 25.0 Å². The van der Waals surface area contributed by atoms with Crippen LogP contribution >= 0.6 is 0 Å². The molecule has 0 unspecified atom stereocenters. The summed E-state index contributed by atoms with van der Waals surface area (Å²) in [6, 6.07) is 8.14. The van der Waals surface area contributed by atoms with E-state index in [0.717, 1.165) is 61.1 Å². The van der Waals surface area contributed by atoms with Crippen LogP contribution in [-0.2, 0) is 11.3 Å². The zero-order valence-electron chi connectivity index (χ0n) is 15.5. The van der Waals surface area contributed by atoms with Gasteiger partial charge in [0.1, 0.15) is 0 Å². The number of amides is 1.